The number of carbonyl (C=O) groups is 1. The zero-order valence-electron chi connectivity index (χ0n) is 13.8. The van der Waals surface area contributed by atoms with E-state index in [-0.39, 0.29) is 18.3 Å². The quantitative estimate of drug-likeness (QED) is 0.687. The minimum atomic E-state index is -0.175. The van der Waals surface area contributed by atoms with Crippen LogP contribution in [0.25, 0.3) is 10.7 Å². The number of rotatable bonds is 4. The van der Waals surface area contributed by atoms with Crippen LogP contribution in [0.3, 0.4) is 0 Å². The third kappa shape index (κ3) is 4.27. The summed E-state index contributed by atoms with van der Waals surface area (Å²) in [6, 6.07) is 5.64. The van der Waals surface area contributed by atoms with Crippen molar-refractivity contribution in [2.24, 2.45) is 0 Å². The fourth-order valence-corrected chi connectivity index (χ4v) is 4.55. The number of nitrogens with zero attached hydrogens (tertiary/aromatic N) is 3. The van der Waals surface area contributed by atoms with Crippen LogP contribution in [-0.4, -0.2) is 33.9 Å². The maximum Gasteiger partial charge on any atom is 0.269 e. The molecule has 9 heteroatoms. The number of halogens is 1. The van der Waals surface area contributed by atoms with Gasteiger partial charge in [-0.2, -0.15) is 0 Å². The van der Waals surface area contributed by atoms with Gasteiger partial charge < -0.3 is 5.32 Å². The van der Waals surface area contributed by atoms with Gasteiger partial charge in [-0.25, -0.2) is 9.97 Å². The van der Waals surface area contributed by atoms with E-state index in [1.165, 1.54) is 16.2 Å². The lowest BCUT2D eigenvalue weighted by Gasteiger charge is -2.20. The van der Waals surface area contributed by atoms with Crippen LogP contribution in [-0.2, 0) is 0 Å². The highest BCUT2D eigenvalue weighted by atomic mass is 35.5. The maximum atomic E-state index is 12.4. The molecule has 0 bridgehead atoms. The number of nitrogens with one attached hydrogen (secondary N) is 2. The molecule has 1 aliphatic heterocycles. The van der Waals surface area contributed by atoms with Crippen LogP contribution < -0.4 is 10.6 Å². The Morgan fingerprint density at radius 2 is 1.96 bits per heavy atom. The van der Waals surface area contributed by atoms with Gasteiger partial charge in [0, 0.05) is 17.3 Å². The number of piperidine rings is 1. The zero-order valence-corrected chi connectivity index (χ0v) is 16.3. The van der Waals surface area contributed by atoms with Crippen LogP contribution in [0.2, 0.25) is 0 Å². The summed E-state index contributed by atoms with van der Waals surface area (Å²) in [7, 11) is 0. The van der Waals surface area contributed by atoms with E-state index >= 15 is 0 Å². The third-order valence-corrected chi connectivity index (χ3v) is 6.19. The van der Waals surface area contributed by atoms with E-state index in [9.17, 15) is 4.79 Å². The van der Waals surface area contributed by atoms with Gasteiger partial charge in [0.25, 0.3) is 5.91 Å². The molecule has 1 fully saturated rings. The number of hydrogen-bond acceptors (Lipinski definition) is 7. The van der Waals surface area contributed by atoms with E-state index < -0.39 is 0 Å². The smallest absolute Gasteiger partial charge is 0.269 e. The highest BCUT2D eigenvalue weighted by Crippen LogP contribution is 2.32. The molecule has 0 aromatic carbocycles. The first kappa shape index (κ1) is 18.9. The van der Waals surface area contributed by atoms with Gasteiger partial charge in [0.05, 0.1) is 11.9 Å². The van der Waals surface area contributed by atoms with Crippen LogP contribution in [0, 0.1) is 0 Å². The topological polar surface area (TPSA) is 79.8 Å². The number of aromatic nitrogens is 3. The number of amides is 1. The number of hydrogen-bond donors (Lipinski definition) is 2. The molecule has 3 aromatic heterocycles. The number of pyridine rings is 1. The predicted molar refractivity (Wildman–Crippen MR) is 108 cm³/mol. The van der Waals surface area contributed by atoms with Gasteiger partial charge in [-0.05, 0) is 44.0 Å². The Morgan fingerprint density at radius 3 is 2.73 bits per heavy atom. The molecule has 2 N–H and O–H groups in total. The normalized spacial score (nSPS) is 14.6. The Balaban J connectivity index is 0.00000196. The second-order valence-corrected chi connectivity index (χ2v) is 7.88. The van der Waals surface area contributed by atoms with Gasteiger partial charge in [0.15, 0.2) is 5.13 Å². The van der Waals surface area contributed by atoms with Gasteiger partial charge in [0.1, 0.15) is 9.88 Å². The van der Waals surface area contributed by atoms with Crippen molar-refractivity contribution >= 4 is 46.1 Å². The van der Waals surface area contributed by atoms with Gasteiger partial charge in [-0.15, -0.1) is 35.1 Å². The molecule has 0 radical (unpaired) electrons. The van der Waals surface area contributed by atoms with E-state index in [1.807, 2.05) is 24.4 Å². The minimum Gasteiger partial charge on any atom is -0.317 e. The van der Waals surface area contributed by atoms with E-state index in [4.69, 9.17) is 0 Å². The van der Waals surface area contributed by atoms with E-state index in [0.717, 1.165) is 36.6 Å². The van der Waals surface area contributed by atoms with Crippen LogP contribution in [0.5, 0.6) is 0 Å². The fraction of sp³-hybridized carbons (Fsp3) is 0.294. The molecule has 6 nitrogen and oxygen atoms in total. The Morgan fingerprint density at radius 1 is 1.12 bits per heavy atom. The monoisotopic (exact) mass is 407 g/mol. The second kappa shape index (κ2) is 8.68. The van der Waals surface area contributed by atoms with E-state index in [1.54, 1.807) is 23.7 Å². The Bertz CT molecular complexity index is 861. The van der Waals surface area contributed by atoms with E-state index in [2.05, 4.69) is 25.6 Å². The molecule has 4 rings (SSSR count). The largest absolute Gasteiger partial charge is 0.317 e. The van der Waals surface area contributed by atoms with Gasteiger partial charge >= 0.3 is 0 Å². The second-order valence-electron chi connectivity index (χ2n) is 5.79. The molecule has 1 amide bonds. The zero-order chi connectivity index (χ0) is 17.1. The lowest BCUT2D eigenvalue weighted by molar-refractivity contribution is 0.103. The minimum absolute atomic E-state index is 0. The van der Waals surface area contributed by atoms with Crippen molar-refractivity contribution in [1.29, 1.82) is 0 Å². The summed E-state index contributed by atoms with van der Waals surface area (Å²) in [5, 5.41) is 7.63. The standard InChI is InChI=1S/C17H17N5OS2.ClH/c23-15(14-10-20-16(24-14)12-3-1-2-6-19-12)22-17-21-9-13(25-17)11-4-7-18-8-5-11;/h1-3,6,9-11,18H,4-5,7-8H2,(H,21,22,23);1H. The van der Waals surface area contributed by atoms with Crippen LogP contribution in [0.15, 0.2) is 36.8 Å². The first-order chi connectivity index (χ1) is 12.3. The van der Waals surface area contributed by atoms with Gasteiger partial charge in [-0.1, -0.05) is 6.07 Å². The first-order valence-corrected chi connectivity index (χ1v) is 9.78. The summed E-state index contributed by atoms with van der Waals surface area (Å²) >= 11 is 2.90. The summed E-state index contributed by atoms with van der Waals surface area (Å²) in [6.45, 7) is 2.09. The molecular formula is C17H18ClN5OS2. The highest BCUT2D eigenvalue weighted by Gasteiger charge is 2.19. The molecule has 3 aromatic rings. The lowest BCUT2D eigenvalue weighted by atomic mass is 9.97. The van der Waals surface area contributed by atoms with Gasteiger partial charge in [0.2, 0.25) is 0 Å². The summed E-state index contributed by atoms with van der Waals surface area (Å²) < 4.78 is 0. The van der Waals surface area contributed by atoms with E-state index in [0.29, 0.717) is 15.9 Å². The van der Waals surface area contributed by atoms with Crippen molar-refractivity contribution < 1.29 is 4.79 Å². The molecule has 0 spiro atoms. The van der Waals surface area contributed by atoms with Crippen molar-refractivity contribution in [3.63, 3.8) is 0 Å². The molecule has 0 saturated carbocycles. The first-order valence-electron chi connectivity index (χ1n) is 8.14. The lowest BCUT2D eigenvalue weighted by Crippen LogP contribution is -2.26. The average molecular weight is 408 g/mol. The number of carbonyl (C=O) groups excluding carboxylic acids is 1. The van der Waals surface area contributed by atoms with Gasteiger partial charge in [-0.3, -0.25) is 15.1 Å². The molecule has 26 heavy (non-hydrogen) atoms. The van der Waals surface area contributed by atoms with Crippen LogP contribution >= 0.6 is 35.1 Å². The van der Waals surface area contributed by atoms with Crippen LogP contribution in [0.4, 0.5) is 5.13 Å². The van der Waals surface area contributed by atoms with Crippen molar-refractivity contribution in [1.82, 2.24) is 20.3 Å². The number of thiazole rings is 2. The predicted octanol–water partition coefficient (Wildman–Crippen LogP) is 3.80. The van der Waals surface area contributed by atoms with Crippen LogP contribution in [0.1, 0.15) is 33.3 Å². The molecular weight excluding hydrogens is 390 g/mol. The summed E-state index contributed by atoms with van der Waals surface area (Å²) in [5.41, 5.74) is 0.772. The average Bonchev–Trinajstić information content (AvgIpc) is 3.33. The molecule has 136 valence electrons. The molecule has 0 atom stereocenters. The molecule has 4 heterocycles. The maximum absolute atomic E-state index is 12.4. The number of anilines is 1. The van der Waals surface area contributed by atoms with Crippen molar-refractivity contribution in [2.75, 3.05) is 18.4 Å². The molecule has 0 aliphatic carbocycles. The molecule has 1 aliphatic rings. The highest BCUT2D eigenvalue weighted by molar-refractivity contribution is 7.17. The molecule has 1 saturated heterocycles. The summed E-state index contributed by atoms with van der Waals surface area (Å²) in [4.78, 5) is 27.2. The Kier molecular flexibility index (Phi) is 6.31. The van der Waals surface area contributed by atoms with Crippen molar-refractivity contribution in [2.45, 2.75) is 18.8 Å². The van der Waals surface area contributed by atoms with Crippen molar-refractivity contribution in [3.8, 4) is 10.7 Å². The summed E-state index contributed by atoms with van der Waals surface area (Å²) in [6.07, 6.45) is 7.44. The fourth-order valence-electron chi connectivity index (χ4n) is 2.79. The third-order valence-electron chi connectivity index (χ3n) is 4.10. The Hall–Kier alpha value is -1.87. The molecule has 0 unspecified atom stereocenters. The SMILES string of the molecule is Cl.O=C(Nc1ncc(C2CCNCC2)s1)c1cnc(-c2ccccn2)s1. The Labute approximate surface area is 165 Å². The van der Waals surface area contributed by atoms with Crippen molar-refractivity contribution in [3.05, 3.63) is 46.5 Å². The summed E-state index contributed by atoms with van der Waals surface area (Å²) in [5.74, 6) is 0.370.